The van der Waals surface area contributed by atoms with Crippen LogP contribution in [0, 0.1) is 0 Å². The van der Waals surface area contributed by atoms with Gasteiger partial charge in [0.05, 0.1) is 0 Å². The van der Waals surface area contributed by atoms with Gasteiger partial charge in [0, 0.05) is 36.8 Å². The zero-order valence-corrected chi connectivity index (χ0v) is 10.8. The Balaban J connectivity index is 2.47. The second-order valence-electron chi connectivity index (χ2n) is 4.04. The van der Waals surface area contributed by atoms with E-state index in [4.69, 9.17) is 11.6 Å². The number of aromatic nitrogens is 1. The van der Waals surface area contributed by atoms with Gasteiger partial charge >= 0.3 is 0 Å². The summed E-state index contributed by atoms with van der Waals surface area (Å²) in [7, 11) is 1.64. The molecule has 1 rings (SSSR count). The van der Waals surface area contributed by atoms with E-state index >= 15 is 0 Å². The Morgan fingerprint density at radius 3 is 2.88 bits per heavy atom. The van der Waals surface area contributed by atoms with Gasteiger partial charge in [-0.1, -0.05) is 0 Å². The Hall–Kier alpha value is -1.29. The first-order valence-electron chi connectivity index (χ1n) is 5.59. The zero-order chi connectivity index (χ0) is 12.8. The molecule has 1 aromatic rings. The molecular formula is C12H17ClN2O2. The van der Waals surface area contributed by atoms with Crippen molar-refractivity contribution in [1.29, 1.82) is 0 Å². The predicted molar refractivity (Wildman–Crippen MR) is 68.6 cm³/mol. The topological polar surface area (TPSA) is 51.1 Å². The second kappa shape index (κ2) is 6.45. The summed E-state index contributed by atoms with van der Waals surface area (Å²) in [6, 6.07) is 2.96. The summed E-state index contributed by atoms with van der Waals surface area (Å²) in [5, 5.41) is 2.88. The van der Waals surface area contributed by atoms with Crippen LogP contribution in [0.3, 0.4) is 0 Å². The number of pyridine rings is 1. The summed E-state index contributed by atoms with van der Waals surface area (Å²) in [5.74, 6) is -0.218. The van der Waals surface area contributed by atoms with Crippen LogP contribution in [0.5, 0.6) is 0 Å². The Morgan fingerprint density at radius 2 is 2.29 bits per heavy atom. The Kier molecular flexibility index (Phi) is 5.22. The van der Waals surface area contributed by atoms with E-state index < -0.39 is 0 Å². The van der Waals surface area contributed by atoms with Crippen LogP contribution in [-0.4, -0.2) is 22.4 Å². The molecular weight excluding hydrogens is 240 g/mol. The third-order valence-corrected chi connectivity index (χ3v) is 2.65. The molecule has 1 heterocycles. The number of hydrogen-bond donors (Lipinski definition) is 1. The van der Waals surface area contributed by atoms with Crippen molar-refractivity contribution >= 4 is 17.5 Å². The fourth-order valence-corrected chi connectivity index (χ4v) is 1.53. The van der Waals surface area contributed by atoms with Gasteiger partial charge in [0.25, 0.3) is 11.5 Å². The van der Waals surface area contributed by atoms with Gasteiger partial charge in [0.2, 0.25) is 0 Å². The monoisotopic (exact) mass is 256 g/mol. The molecule has 4 nitrogen and oxygen atoms in total. The number of hydrogen-bond acceptors (Lipinski definition) is 2. The van der Waals surface area contributed by atoms with Gasteiger partial charge in [-0.15, -0.1) is 11.6 Å². The predicted octanol–water partition coefficient (Wildman–Crippen LogP) is 1.52. The van der Waals surface area contributed by atoms with E-state index in [0.717, 1.165) is 12.8 Å². The molecule has 94 valence electrons. The first-order chi connectivity index (χ1) is 8.00. The maximum atomic E-state index is 11.7. The number of nitrogens with one attached hydrogen (secondary N) is 1. The minimum atomic E-state index is -0.218. The van der Waals surface area contributed by atoms with Crippen molar-refractivity contribution in [2.24, 2.45) is 7.05 Å². The summed E-state index contributed by atoms with van der Waals surface area (Å²) in [5.41, 5.74) is 0.207. The van der Waals surface area contributed by atoms with Crippen LogP contribution in [0.2, 0.25) is 0 Å². The van der Waals surface area contributed by atoms with Gasteiger partial charge in [0.15, 0.2) is 0 Å². The van der Waals surface area contributed by atoms with Crippen LogP contribution in [0.1, 0.15) is 30.1 Å². The summed E-state index contributed by atoms with van der Waals surface area (Å²) < 4.78 is 1.42. The van der Waals surface area contributed by atoms with E-state index in [2.05, 4.69) is 5.32 Å². The minimum absolute atomic E-state index is 0.121. The maximum absolute atomic E-state index is 11.7. The molecule has 0 radical (unpaired) electrons. The quantitative estimate of drug-likeness (QED) is 0.642. The first-order valence-corrected chi connectivity index (χ1v) is 6.03. The van der Waals surface area contributed by atoms with Gasteiger partial charge in [-0.05, 0) is 25.8 Å². The largest absolute Gasteiger partial charge is 0.352 e. The van der Waals surface area contributed by atoms with Crippen molar-refractivity contribution < 1.29 is 4.79 Å². The molecule has 1 aromatic heterocycles. The van der Waals surface area contributed by atoms with Gasteiger partial charge in [-0.25, -0.2) is 0 Å². The van der Waals surface area contributed by atoms with Crippen molar-refractivity contribution in [3.8, 4) is 0 Å². The van der Waals surface area contributed by atoms with Gasteiger partial charge in [-0.3, -0.25) is 9.59 Å². The highest BCUT2D eigenvalue weighted by Crippen LogP contribution is 2.02. The average molecular weight is 257 g/mol. The molecule has 0 saturated heterocycles. The number of alkyl halides is 1. The lowest BCUT2D eigenvalue weighted by Gasteiger charge is -2.06. The Bertz CT molecular complexity index is 440. The normalized spacial score (nSPS) is 12.2. The highest BCUT2D eigenvalue weighted by Gasteiger charge is 2.06. The van der Waals surface area contributed by atoms with E-state index in [1.165, 1.54) is 10.6 Å². The van der Waals surface area contributed by atoms with Crippen molar-refractivity contribution in [2.45, 2.75) is 25.1 Å². The molecule has 0 aliphatic heterocycles. The standard InChI is InChI=1S/C12H17ClN2O2/c1-9(13)4-3-6-14-12(17)10-5-7-15(2)11(16)8-10/h5,7-9H,3-4,6H2,1-2H3,(H,14,17). The molecule has 0 saturated carbocycles. The van der Waals surface area contributed by atoms with Gasteiger partial charge in [0.1, 0.15) is 0 Å². The lowest BCUT2D eigenvalue weighted by Crippen LogP contribution is -2.27. The van der Waals surface area contributed by atoms with Gasteiger partial charge < -0.3 is 9.88 Å². The van der Waals surface area contributed by atoms with E-state index in [-0.39, 0.29) is 16.8 Å². The minimum Gasteiger partial charge on any atom is -0.352 e. The third-order valence-electron chi connectivity index (χ3n) is 2.43. The number of halogens is 1. The lowest BCUT2D eigenvalue weighted by atomic mass is 10.2. The van der Waals surface area contributed by atoms with Gasteiger partial charge in [-0.2, -0.15) is 0 Å². The number of aryl methyl sites for hydroxylation is 1. The number of carbonyl (C=O) groups is 1. The summed E-state index contributed by atoms with van der Waals surface area (Å²) in [4.78, 5) is 23.0. The molecule has 1 N–H and O–H groups in total. The third kappa shape index (κ3) is 4.61. The molecule has 1 unspecified atom stereocenters. The Labute approximate surface area is 106 Å². The van der Waals surface area contributed by atoms with Crippen molar-refractivity contribution in [2.75, 3.05) is 6.54 Å². The second-order valence-corrected chi connectivity index (χ2v) is 4.79. The summed E-state index contributed by atoms with van der Waals surface area (Å²) >= 11 is 5.79. The zero-order valence-electron chi connectivity index (χ0n) is 10.1. The molecule has 0 spiro atoms. The molecule has 0 aromatic carbocycles. The molecule has 0 aliphatic carbocycles. The fraction of sp³-hybridized carbons (Fsp3) is 0.500. The van der Waals surface area contributed by atoms with E-state index in [0.29, 0.717) is 12.1 Å². The van der Waals surface area contributed by atoms with Crippen LogP contribution in [0.25, 0.3) is 0 Å². The van der Waals surface area contributed by atoms with E-state index in [1.807, 2.05) is 6.92 Å². The fourth-order valence-electron chi connectivity index (χ4n) is 1.38. The SMILES string of the molecule is CC(Cl)CCCNC(=O)c1ccn(C)c(=O)c1. The van der Waals surface area contributed by atoms with E-state index in [9.17, 15) is 9.59 Å². The molecule has 0 fully saturated rings. The number of rotatable bonds is 5. The Morgan fingerprint density at radius 1 is 1.59 bits per heavy atom. The highest BCUT2D eigenvalue weighted by atomic mass is 35.5. The highest BCUT2D eigenvalue weighted by molar-refractivity contribution is 6.20. The van der Waals surface area contributed by atoms with Crippen LogP contribution in [0.4, 0.5) is 0 Å². The summed E-state index contributed by atoms with van der Waals surface area (Å²) in [6.45, 7) is 2.50. The smallest absolute Gasteiger partial charge is 0.251 e. The van der Waals surface area contributed by atoms with Crippen molar-refractivity contribution in [3.63, 3.8) is 0 Å². The molecule has 0 bridgehead atoms. The molecule has 5 heteroatoms. The number of amides is 1. The van der Waals surface area contributed by atoms with Crippen molar-refractivity contribution in [1.82, 2.24) is 9.88 Å². The molecule has 17 heavy (non-hydrogen) atoms. The summed E-state index contributed by atoms with van der Waals surface area (Å²) in [6.07, 6.45) is 3.28. The van der Waals surface area contributed by atoms with E-state index in [1.54, 1.807) is 19.3 Å². The maximum Gasteiger partial charge on any atom is 0.251 e. The molecule has 1 atom stereocenters. The van der Waals surface area contributed by atoms with Crippen LogP contribution >= 0.6 is 11.6 Å². The molecule has 0 aliphatic rings. The average Bonchev–Trinajstić information content (AvgIpc) is 2.27. The van der Waals surface area contributed by atoms with Crippen molar-refractivity contribution in [3.05, 3.63) is 34.2 Å². The first kappa shape index (κ1) is 13.8. The lowest BCUT2D eigenvalue weighted by molar-refractivity contribution is 0.0952. The number of nitrogens with zero attached hydrogens (tertiary/aromatic N) is 1. The van der Waals surface area contributed by atoms with Crippen LogP contribution in [-0.2, 0) is 7.05 Å². The molecule has 1 amide bonds. The van der Waals surface area contributed by atoms with Crippen LogP contribution in [0.15, 0.2) is 23.1 Å². The number of carbonyl (C=O) groups excluding carboxylic acids is 1. The van der Waals surface area contributed by atoms with Crippen LogP contribution < -0.4 is 10.9 Å².